The highest BCUT2D eigenvalue weighted by Gasteiger charge is 2.08. The second kappa shape index (κ2) is 6.56. The Morgan fingerprint density at radius 3 is 2.85 bits per heavy atom. The largest absolute Gasteiger partial charge is 0.383 e. The quantitative estimate of drug-likeness (QED) is 0.844. The van der Waals surface area contributed by atoms with Gasteiger partial charge >= 0.3 is 0 Å². The molecule has 110 valence electrons. The maximum Gasteiger partial charge on any atom is 0.207 e. The first-order chi connectivity index (χ1) is 9.58. The lowest BCUT2D eigenvalue weighted by molar-refractivity contribution is 0.183. The fourth-order valence-corrected chi connectivity index (χ4v) is 2.04. The number of hydrogen-bond donors (Lipinski definition) is 1. The molecule has 0 fully saturated rings. The zero-order chi connectivity index (χ0) is 14.5. The molecule has 0 bridgehead atoms. The van der Waals surface area contributed by atoms with E-state index in [9.17, 15) is 0 Å². The summed E-state index contributed by atoms with van der Waals surface area (Å²) in [6.07, 6.45) is 5.83. The Morgan fingerprint density at radius 1 is 1.35 bits per heavy atom. The van der Waals surface area contributed by atoms with Gasteiger partial charge in [-0.15, -0.1) is 0 Å². The van der Waals surface area contributed by atoms with E-state index in [0.29, 0.717) is 12.5 Å². The Kier molecular flexibility index (Phi) is 4.79. The van der Waals surface area contributed by atoms with E-state index in [1.165, 1.54) is 0 Å². The highest BCUT2D eigenvalue weighted by atomic mass is 16.5. The Bertz CT molecular complexity index is 544. The first kappa shape index (κ1) is 14.6. The maximum atomic E-state index is 5.04. The smallest absolute Gasteiger partial charge is 0.207 e. The average molecular weight is 277 g/mol. The summed E-state index contributed by atoms with van der Waals surface area (Å²) in [6.45, 7) is 8.74. The van der Waals surface area contributed by atoms with Crippen molar-refractivity contribution in [1.82, 2.24) is 19.3 Å². The molecule has 0 amide bonds. The van der Waals surface area contributed by atoms with Gasteiger partial charge in [-0.3, -0.25) is 4.68 Å². The number of aryl methyl sites for hydroxylation is 1. The molecule has 0 aliphatic carbocycles. The second-order valence-corrected chi connectivity index (χ2v) is 5.36. The lowest BCUT2D eigenvalue weighted by Crippen LogP contribution is -2.07. The van der Waals surface area contributed by atoms with Crippen LogP contribution in [0.1, 0.15) is 19.5 Å². The Morgan fingerprint density at radius 2 is 2.15 bits per heavy atom. The summed E-state index contributed by atoms with van der Waals surface area (Å²) in [7, 11) is 1.69. The first-order valence-corrected chi connectivity index (χ1v) is 6.90. The van der Waals surface area contributed by atoms with Gasteiger partial charge in [-0.05, 0) is 12.8 Å². The zero-order valence-corrected chi connectivity index (χ0v) is 12.6. The molecule has 2 aromatic heterocycles. The van der Waals surface area contributed by atoms with Crippen molar-refractivity contribution in [2.45, 2.75) is 33.9 Å². The van der Waals surface area contributed by atoms with Gasteiger partial charge < -0.3 is 14.6 Å². The van der Waals surface area contributed by atoms with E-state index in [4.69, 9.17) is 4.74 Å². The lowest BCUT2D eigenvalue weighted by atomic mass is 10.2. The molecule has 0 radical (unpaired) electrons. The van der Waals surface area contributed by atoms with Crippen molar-refractivity contribution in [3.8, 4) is 0 Å². The number of imidazole rings is 1. The third-order valence-corrected chi connectivity index (χ3v) is 2.87. The van der Waals surface area contributed by atoms with Gasteiger partial charge in [-0.25, -0.2) is 4.98 Å². The second-order valence-electron chi connectivity index (χ2n) is 5.36. The summed E-state index contributed by atoms with van der Waals surface area (Å²) in [5, 5.41) is 7.61. The molecule has 0 unspecified atom stereocenters. The summed E-state index contributed by atoms with van der Waals surface area (Å²) in [5.74, 6) is 1.44. The summed E-state index contributed by atoms with van der Waals surface area (Å²) in [5.41, 5.74) is 1.96. The van der Waals surface area contributed by atoms with Crippen LogP contribution in [0.15, 0.2) is 18.6 Å². The molecule has 1 N–H and O–H groups in total. The Labute approximate surface area is 119 Å². The van der Waals surface area contributed by atoms with Crippen LogP contribution in [0.3, 0.4) is 0 Å². The fraction of sp³-hybridized carbons (Fsp3) is 0.571. The van der Waals surface area contributed by atoms with Crippen LogP contribution in [0.5, 0.6) is 0 Å². The van der Waals surface area contributed by atoms with Crippen LogP contribution in [0.2, 0.25) is 0 Å². The zero-order valence-electron chi connectivity index (χ0n) is 12.6. The van der Waals surface area contributed by atoms with Crippen LogP contribution in [-0.4, -0.2) is 33.0 Å². The molecular weight excluding hydrogens is 254 g/mol. The summed E-state index contributed by atoms with van der Waals surface area (Å²) in [6, 6.07) is 0. The van der Waals surface area contributed by atoms with Gasteiger partial charge in [0.05, 0.1) is 30.7 Å². The van der Waals surface area contributed by atoms with E-state index in [1.807, 2.05) is 17.8 Å². The molecule has 2 rings (SSSR count). The van der Waals surface area contributed by atoms with Crippen molar-refractivity contribution < 1.29 is 4.74 Å². The van der Waals surface area contributed by atoms with Gasteiger partial charge in [0.1, 0.15) is 0 Å². The number of rotatable bonds is 7. The molecule has 0 aromatic carbocycles. The van der Waals surface area contributed by atoms with Crippen LogP contribution in [-0.2, 0) is 17.8 Å². The molecule has 2 aromatic rings. The SMILES string of the molecule is COCCn1cc(Nc2nc(C)cn2CC(C)C)cn1. The normalized spacial score (nSPS) is 11.2. The highest BCUT2D eigenvalue weighted by molar-refractivity contribution is 5.51. The number of ether oxygens (including phenoxy) is 1. The van der Waals surface area contributed by atoms with Crippen LogP contribution in [0.4, 0.5) is 11.6 Å². The number of anilines is 2. The molecule has 2 heterocycles. The molecule has 0 aliphatic rings. The van der Waals surface area contributed by atoms with Gasteiger partial charge in [0.25, 0.3) is 0 Å². The van der Waals surface area contributed by atoms with Crippen molar-refractivity contribution in [2.75, 3.05) is 19.0 Å². The lowest BCUT2D eigenvalue weighted by Gasteiger charge is -2.10. The molecule has 0 aliphatic heterocycles. The molecule has 6 nitrogen and oxygen atoms in total. The molecular formula is C14H23N5O. The van der Waals surface area contributed by atoms with Crippen LogP contribution in [0, 0.1) is 12.8 Å². The number of aromatic nitrogens is 4. The van der Waals surface area contributed by atoms with Crippen molar-refractivity contribution in [2.24, 2.45) is 5.92 Å². The van der Waals surface area contributed by atoms with Crippen molar-refractivity contribution >= 4 is 11.6 Å². The van der Waals surface area contributed by atoms with E-state index in [0.717, 1.165) is 30.4 Å². The van der Waals surface area contributed by atoms with Gasteiger partial charge in [0.15, 0.2) is 0 Å². The third-order valence-electron chi connectivity index (χ3n) is 2.87. The Balaban J connectivity index is 2.07. The third kappa shape index (κ3) is 3.84. The van der Waals surface area contributed by atoms with Gasteiger partial charge in [-0.1, -0.05) is 13.8 Å². The monoisotopic (exact) mass is 277 g/mol. The number of nitrogens with zero attached hydrogens (tertiary/aromatic N) is 4. The summed E-state index contributed by atoms with van der Waals surface area (Å²) in [4.78, 5) is 4.52. The number of hydrogen-bond acceptors (Lipinski definition) is 4. The minimum absolute atomic E-state index is 0.577. The first-order valence-electron chi connectivity index (χ1n) is 6.90. The van der Waals surface area contributed by atoms with Crippen molar-refractivity contribution in [1.29, 1.82) is 0 Å². The van der Waals surface area contributed by atoms with Crippen molar-refractivity contribution in [3.05, 3.63) is 24.3 Å². The molecule has 6 heteroatoms. The maximum absolute atomic E-state index is 5.04. The molecule has 0 spiro atoms. The minimum Gasteiger partial charge on any atom is -0.383 e. The standard InChI is InChI=1S/C14H23N5O/c1-11(2)8-18-9-12(3)16-14(18)17-13-7-15-19(10-13)5-6-20-4/h7,9-11H,5-6,8H2,1-4H3,(H,16,17). The number of nitrogens with one attached hydrogen (secondary N) is 1. The summed E-state index contributed by atoms with van der Waals surface area (Å²) >= 11 is 0. The molecule has 20 heavy (non-hydrogen) atoms. The van der Waals surface area contributed by atoms with E-state index in [2.05, 4.69) is 40.0 Å². The van der Waals surface area contributed by atoms with E-state index in [-0.39, 0.29) is 0 Å². The van der Waals surface area contributed by atoms with Crippen molar-refractivity contribution in [3.63, 3.8) is 0 Å². The highest BCUT2D eigenvalue weighted by Crippen LogP contribution is 2.17. The van der Waals surface area contributed by atoms with E-state index in [1.54, 1.807) is 13.3 Å². The fourth-order valence-electron chi connectivity index (χ4n) is 2.04. The molecule has 0 saturated carbocycles. The van der Waals surface area contributed by atoms with Crippen LogP contribution >= 0.6 is 0 Å². The molecule has 0 saturated heterocycles. The van der Waals surface area contributed by atoms with Gasteiger partial charge in [-0.2, -0.15) is 5.10 Å². The summed E-state index contributed by atoms with van der Waals surface area (Å²) < 4.78 is 9.04. The predicted molar refractivity (Wildman–Crippen MR) is 79.2 cm³/mol. The van der Waals surface area contributed by atoms with Gasteiger partial charge in [0.2, 0.25) is 5.95 Å². The molecule has 0 atom stereocenters. The van der Waals surface area contributed by atoms with E-state index < -0.39 is 0 Å². The van der Waals surface area contributed by atoms with Crippen LogP contribution < -0.4 is 5.32 Å². The van der Waals surface area contributed by atoms with E-state index >= 15 is 0 Å². The predicted octanol–water partition coefficient (Wildman–Crippen LogP) is 2.43. The minimum atomic E-state index is 0.577. The number of methoxy groups -OCH3 is 1. The average Bonchev–Trinajstić information content (AvgIpc) is 2.94. The van der Waals surface area contributed by atoms with Crippen LogP contribution in [0.25, 0.3) is 0 Å². The Hall–Kier alpha value is -1.82. The van der Waals surface area contributed by atoms with Gasteiger partial charge in [0, 0.05) is 26.0 Å². The topological polar surface area (TPSA) is 56.9 Å².